The Bertz CT molecular complexity index is 1220. The normalized spacial score (nSPS) is 14.2. The maximum atomic E-state index is 12.7. The number of unbranched alkanes of at least 4 members (excludes halogenated alkanes) is 14. The molecule has 0 saturated heterocycles. The van der Waals surface area contributed by atoms with Crippen LogP contribution < -0.4 is 4.89 Å². The highest BCUT2D eigenvalue weighted by Gasteiger charge is 2.21. The third-order valence-electron chi connectivity index (χ3n) is 9.21. The van der Waals surface area contributed by atoms with E-state index in [0.29, 0.717) is 23.9 Å². The summed E-state index contributed by atoms with van der Waals surface area (Å²) in [5.74, 6) is -0.903. The van der Waals surface area contributed by atoms with Crippen LogP contribution in [0.5, 0.6) is 0 Å². The van der Waals surface area contributed by atoms with Crippen molar-refractivity contribution in [3.63, 3.8) is 0 Å². The molecule has 0 saturated carbocycles. The number of phosphoric ester groups is 1. The number of quaternary nitrogens is 1. The van der Waals surface area contributed by atoms with Gasteiger partial charge in [-0.3, -0.25) is 14.2 Å². The number of carbonyl (C=O) groups excluding carboxylic acids is 2. The topological polar surface area (TPSA) is 111 Å². The molecule has 0 aromatic carbocycles. The summed E-state index contributed by atoms with van der Waals surface area (Å²) in [7, 11) is 1.12. The Kier molecular flexibility index (Phi) is 38.1. The third-order valence-corrected chi connectivity index (χ3v) is 10.2. The second kappa shape index (κ2) is 39.9. The van der Waals surface area contributed by atoms with Gasteiger partial charge in [-0.05, 0) is 83.5 Å². The van der Waals surface area contributed by atoms with Gasteiger partial charge in [0, 0.05) is 12.8 Å². The first-order valence-corrected chi connectivity index (χ1v) is 24.1. The highest BCUT2D eigenvalue weighted by Crippen LogP contribution is 2.38. The van der Waals surface area contributed by atoms with Gasteiger partial charge in [-0.15, -0.1) is 0 Å². The Morgan fingerprint density at radius 2 is 0.983 bits per heavy atom. The molecule has 0 heterocycles. The fraction of sp³-hybridized carbons (Fsp3) is 0.708. The van der Waals surface area contributed by atoms with E-state index in [4.69, 9.17) is 18.5 Å². The predicted molar refractivity (Wildman–Crippen MR) is 240 cm³/mol. The number of carbonyl (C=O) groups is 2. The molecule has 10 heteroatoms. The van der Waals surface area contributed by atoms with Crippen LogP contribution >= 0.6 is 7.82 Å². The van der Waals surface area contributed by atoms with Crippen molar-refractivity contribution >= 4 is 19.8 Å². The molecule has 0 aromatic heterocycles. The zero-order chi connectivity index (χ0) is 42.8. The van der Waals surface area contributed by atoms with E-state index >= 15 is 0 Å². The van der Waals surface area contributed by atoms with Crippen LogP contribution in [-0.2, 0) is 32.7 Å². The number of likely N-dealkylation sites (N-methyl/N-ethyl adjacent to an activating group) is 1. The van der Waals surface area contributed by atoms with Crippen molar-refractivity contribution in [3.05, 3.63) is 72.9 Å². The Morgan fingerprint density at radius 3 is 1.52 bits per heavy atom. The van der Waals surface area contributed by atoms with Crippen molar-refractivity contribution in [2.24, 2.45) is 0 Å². The molecule has 0 fully saturated rings. The number of hydrogen-bond acceptors (Lipinski definition) is 8. The summed E-state index contributed by atoms with van der Waals surface area (Å²) in [6, 6.07) is 0. The molecule has 334 valence electrons. The van der Waals surface area contributed by atoms with Gasteiger partial charge in [-0.25, -0.2) is 0 Å². The minimum atomic E-state index is -4.64. The molecule has 0 rings (SSSR count). The monoisotopic (exact) mass is 834 g/mol. The molecule has 0 amide bonds. The fourth-order valence-electron chi connectivity index (χ4n) is 5.67. The highest BCUT2D eigenvalue weighted by atomic mass is 31.2. The lowest BCUT2D eigenvalue weighted by atomic mass is 10.1. The smallest absolute Gasteiger partial charge is 0.306 e. The van der Waals surface area contributed by atoms with Crippen molar-refractivity contribution < 1.29 is 42.1 Å². The van der Waals surface area contributed by atoms with Crippen LogP contribution in [0, 0.1) is 0 Å². The van der Waals surface area contributed by atoms with Gasteiger partial charge < -0.3 is 27.9 Å². The van der Waals surface area contributed by atoms with Crippen molar-refractivity contribution in [2.75, 3.05) is 47.5 Å². The molecule has 0 radical (unpaired) electrons. The SMILES string of the molecule is CC/C=C/C/C=C/C/C=C/C/C=C/C/C=C/CCCCCC(=O)OC[C@H](COP(=O)([O-])OCC[N+](C)(C)C)OC(=O)CCCC/C=C/CCCCCCCCCCC. The minimum absolute atomic E-state index is 0.0432. The predicted octanol–water partition coefficient (Wildman–Crippen LogP) is 12.4. The van der Waals surface area contributed by atoms with E-state index in [-0.39, 0.29) is 26.1 Å². The molecule has 9 nitrogen and oxygen atoms in total. The summed E-state index contributed by atoms with van der Waals surface area (Å²) < 4.78 is 33.9. The van der Waals surface area contributed by atoms with E-state index in [9.17, 15) is 19.0 Å². The second-order valence-electron chi connectivity index (χ2n) is 16.0. The van der Waals surface area contributed by atoms with Crippen molar-refractivity contribution in [3.8, 4) is 0 Å². The summed E-state index contributed by atoms with van der Waals surface area (Å²) in [5, 5.41) is 0. The molecule has 0 N–H and O–H groups in total. The average Bonchev–Trinajstić information content (AvgIpc) is 3.17. The molecule has 0 spiro atoms. The Labute approximate surface area is 355 Å². The molecule has 0 aliphatic rings. The maximum Gasteiger partial charge on any atom is 0.306 e. The lowest BCUT2D eigenvalue weighted by Crippen LogP contribution is -2.37. The Hall–Kier alpha value is -2.55. The molecule has 1 unspecified atom stereocenters. The van der Waals surface area contributed by atoms with Gasteiger partial charge in [-0.1, -0.05) is 145 Å². The molecule has 2 atom stereocenters. The van der Waals surface area contributed by atoms with E-state index in [1.54, 1.807) is 0 Å². The van der Waals surface area contributed by atoms with E-state index in [1.165, 1.54) is 57.8 Å². The third kappa shape index (κ3) is 43.0. The molecule has 58 heavy (non-hydrogen) atoms. The van der Waals surface area contributed by atoms with Crippen molar-refractivity contribution in [2.45, 2.75) is 174 Å². The van der Waals surface area contributed by atoms with Crippen LogP contribution in [0.25, 0.3) is 0 Å². The zero-order valence-corrected chi connectivity index (χ0v) is 38.4. The summed E-state index contributed by atoms with van der Waals surface area (Å²) in [4.78, 5) is 37.5. The van der Waals surface area contributed by atoms with Gasteiger partial charge in [0.05, 0.1) is 27.7 Å². The number of rotatable bonds is 40. The lowest BCUT2D eigenvalue weighted by molar-refractivity contribution is -0.870. The molecule has 0 aromatic rings. The van der Waals surface area contributed by atoms with Gasteiger partial charge in [0.25, 0.3) is 7.82 Å². The van der Waals surface area contributed by atoms with E-state index in [0.717, 1.165) is 70.6 Å². The summed E-state index contributed by atoms with van der Waals surface area (Å²) in [6.07, 6.45) is 49.3. The molecule has 0 aliphatic heterocycles. The maximum absolute atomic E-state index is 12.7. The molecular weight excluding hydrogens is 750 g/mol. The van der Waals surface area contributed by atoms with E-state index in [2.05, 4.69) is 86.8 Å². The summed E-state index contributed by atoms with van der Waals surface area (Å²) in [6.45, 7) is 4.04. The van der Waals surface area contributed by atoms with Gasteiger partial charge >= 0.3 is 11.9 Å². The number of nitrogens with zero attached hydrogens (tertiary/aromatic N) is 1. The molecule has 0 aliphatic carbocycles. The number of allylic oxidation sites excluding steroid dienone is 12. The largest absolute Gasteiger partial charge is 0.756 e. The van der Waals surface area contributed by atoms with E-state index < -0.39 is 32.5 Å². The van der Waals surface area contributed by atoms with Crippen LogP contribution in [0.4, 0.5) is 0 Å². The van der Waals surface area contributed by atoms with Crippen molar-refractivity contribution in [1.29, 1.82) is 0 Å². The van der Waals surface area contributed by atoms with Gasteiger partial charge in [0.15, 0.2) is 6.10 Å². The first kappa shape index (κ1) is 55.5. The highest BCUT2D eigenvalue weighted by molar-refractivity contribution is 7.45. The van der Waals surface area contributed by atoms with E-state index in [1.807, 2.05) is 21.1 Å². The Balaban J connectivity index is 4.44. The lowest BCUT2D eigenvalue weighted by Gasteiger charge is -2.28. The quantitative estimate of drug-likeness (QED) is 0.0197. The Morgan fingerprint density at radius 1 is 0.552 bits per heavy atom. The van der Waals surface area contributed by atoms with Crippen LogP contribution in [0.3, 0.4) is 0 Å². The van der Waals surface area contributed by atoms with Crippen molar-refractivity contribution in [1.82, 2.24) is 0 Å². The van der Waals surface area contributed by atoms with Crippen LogP contribution in [-0.4, -0.2) is 70.0 Å². The number of esters is 2. The van der Waals surface area contributed by atoms with Crippen LogP contribution in [0.1, 0.15) is 168 Å². The summed E-state index contributed by atoms with van der Waals surface area (Å²) in [5.41, 5.74) is 0. The first-order valence-electron chi connectivity index (χ1n) is 22.6. The fourth-order valence-corrected chi connectivity index (χ4v) is 6.40. The minimum Gasteiger partial charge on any atom is -0.756 e. The van der Waals surface area contributed by atoms with Gasteiger partial charge in [-0.2, -0.15) is 0 Å². The van der Waals surface area contributed by atoms with Gasteiger partial charge in [0.2, 0.25) is 0 Å². The first-order chi connectivity index (χ1) is 28.0. The van der Waals surface area contributed by atoms with Gasteiger partial charge in [0.1, 0.15) is 19.8 Å². The molecule has 0 bridgehead atoms. The summed E-state index contributed by atoms with van der Waals surface area (Å²) >= 11 is 0. The standard InChI is InChI=1S/C48H84NO8P/c1-6-8-10-12-14-16-18-20-22-23-24-25-27-28-30-32-34-36-38-40-47(50)54-44-46(45-56-58(52,53)55-43-42-49(3,4)5)57-48(51)41-39-37-35-33-31-29-26-21-19-17-15-13-11-9-7-2/h8,10,14,16,20,22,24-25,28,30-31,33,46H,6-7,9,11-13,15,17-19,21,23,26-27,29,32,34-45H2,1-5H3/b10-8+,16-14+,22-20+,25-24+,30-28+,33-31+/t46-/m1/s1. The molecular formula is C48H84NO8P. The number of phosphoric acid groups is 1. The van der Waals surface area contributed by atoms with Crippen LogP contribution in [0.15, 0.2) is 72.9 Å². The number of hydrogen-bond donors (Lipinski definition) is 0. The van der Waals surface area contributed by atoms with Crippen LogP contribution in [0.2, 0.25) is 0 Å². The zero-order valence-electron chi connectivity index (χ0n) is 37.5. The average molecular weight is 834 g/mol. The second-order valence-corrected chi connectivity index (χ2v) is 17.4. The number of ether oxygens (including phenoxy) is 2.